The van der Waals surface area contributed by atoms with Gasteiger partial charge in [0.05, 0.1) is 17.2 Å². The van der Waals surface area contributed by atoms with E-state index in [4.69, 9.17) is 0 Å². The van der Waals surface area contributed by atoms with Crippen LogP contribution >= 0.6 is 0 Å². The van der Waals surface area contributed by atoms with Gasteiger partial charge in [-0.1, -0.05) is 0 Å². The molecule has 0 aliphatic carbocycles. The Bertz CT molecular complexity index is 539. The molecule has 1 heterocycles. The molecule has 1 aromatic carbocycles. The molecule has 0 saturated carbocycles. The third-order valence-corrected chi connectivity index (χ3v) is 1.77. The van der Waals surface area contributed by atoms with Crippen LogP contribution in [0.3, 0.4) is 0 Å². The van der Waals surface area contributed by atoms with Crippen molar-refractivity contribution in [3.63, 3.8) is 0 Å². The minimum absolute atomic E-state index is 0.0128. The van der Waals surface area contributed by atoms with Gasteiger partial charge in [-0.05, 0) is 12.1 Å². The quantitative estimate of drug-likeness (QED) is 0.821. The first-order chi connectivity index (χ1) is 7.15. The van der Waals surface area contributed by atoms with E-state index in [1.165, 1.54) is 18.2 Å². The molecule has 6 heteroatoms. The summed E-state index contributed by atoms with van der Waals surface area (Å²) in [5, 5.41) is 0. The smallest absolute Gasteiger partial charge is 0.387 e. The fourth-order valence-electron chi connectivity index (χ4n) is 1.20. The topological polar surface area (TPSA) is 55.0 Å². The van der Waals surface area contributed by atoms with Gasteiger partial charge in [-0.15, -0.1) is 0 Å². The highest BCUT2D eigenvalue weighted by Crippen LogP contribution is 2.18. The van der Waals surface area contributed by atoms with Gasteiger partial charge in [-0.2, -0.15) is 8.78 Å². The molecule has 0 unspecified atom stereocenters. The number of rotatable bonds is 2. The van der Waals surface area contributed by atoms with Crippen LogP contribution in [0, 0.1) is 0 Å². The van der Waals surface area contributed by atoms with Crippen molar-refractivity contribution in [3.05, 3.63) is 34.7 Å². The molecule has 0 atom stereocenters. The predicted molar refractivity (Wildman–Crippen MR) is 49.0 cm³/mol. The van der Waals surface area contributed by atoms with Crippen LogP contribution in [0.5, 0.6) is 5.75 Å². The van der Waals surface area contributed by atoms with E-state index in [9.17, 15) is 13.6 Å². The molecule has 0 aliphatic heterocycles. The summed E-state index contributed by atoms with van der Waals surface area (Å²) in [5.74, 6) is -0.0128. The van der Waals surface area contributed by atoms with Crippen molar-refractivity contribution in [2.75, 3.05) is 0 Å². The SMILES string of the molecule is O=c1cnc2ccc(OC(F)F)cc2[nH]1. The number of ether oxygens (including phenoxy) is 1. The lowest BCUT2D eigenvalue weighted by Gasteiger charge is -2.04. The predicted octanol–water partition coefficient (Wildman–Crippen LogP) is 1.52. The summed E-state index contributed by atoms with van der Waals surface area (Å²) >= 11 is 0. The molecule has 0 fully saturated rings. The van der Waals surface area contributed by atoms with E-state index in [2.05, 4.69) is 14.7 Å². The van der Waals surface area contributed by atoms with Crippen molar-refractivity contribution >= 4 is 11.0 Å². The maximum absolute atomic E-state index is 11.9. The Morgan fingerprint density at radius 3 is 2.93 bits per heavy atom. The summed E-state index contributed by atoms with van der Waals surface area (Å²) in [7, 11) is 0. The van der Waals surface area contributed by atoms with Crippen molar-refractivity contribution in [3.8, 4) is 5.75 Å². The Balaban J connectivity index is 2.49. The first kappa shape index (κ1) is 9.57. The van der Waals surface area contributed by atoms with E-state index in [0.717, 1.165) is 6.20 Å². The summed E-state index contributed by atoms with van der Waals surface area (Å²) in [6.45, 7) is -2.88. The highest BCUT2D eigenvalue weighted by molar-refractivity contribution is 5.75. The molecule has 0 amide bonds. The van der Waals surface area contributed by atoms with Crippen molar-refractivity contribution in [1.29, 1.82) is 0 Å². The Morgan fingerprint density at radius 2 is 2.20 bits per heavy atom. The number of fused-ring (bicyclic) bond motifs is 1. The minimum atomic E-state index is -2.88. The Hall–Kier alpha value is -1.98. The van der Waals surface area contributed by atoms with Crippen molar-refractivity contribution in [2.24, 2.45) is 0 Å². The molecule has 15 heavy (non-hydrogen) atoms. The second-order valence-electron chi connectivity index (χ2n) is 2.80. The lowest BCUT2D eigenvalue weighted by Crippen LogP contribution is -2.06. The third kappa shape index (κ3) is 2.09. The second-order valence-corrected chi connectivity index (χ2v) is 2.80. The van der Waals surface area contributed by atoms with Crippen LogP contribution in [0.15, 0.2) is 29.2 Å². The number of nitrogens with one attached hydrogen (secondary N) is 1. The van der Waals surface area contributed by atoms with Crippen LogP contribution in [0.25, 0.3) is 11.0 Å². The maximum Gasteiger partial charge on any atom is 0.387 e. The van der Waals surface area contributed by atoms with E-state index in [-0.39, 0.29) is 5.75 Å². The van der Waals surface area contributed by atoms with Crippen LogP contribution in [0.2, 0.25) is 0 Å². The van der Waals surface area contributed by atoms with E-state index in [0.29, 0.717) is 11.0 Å². The van der Waals surface area contributed by atoms with E-state index in [1.54, 1.807) is 0 Å². The van der Waals surface area contributed by atoms with Crippen LogP contribution < -0.4 is 10.3 Å². The molecule has 0 spiro atoms. The van der Waals surface area contributed by atoms with E-state index >= 15 is 0 Å². The first-order valence-corrected chi connectivity index (χ1v) is 4.09. The molecular weight excluding hydrogens is 206 g/mol. The number of benzene rings is 1. The van der Waals surface area contributed by atoms with Gasteiger partial charge in [0, 0.05) is 6.07 Å². The Labute approximate surface area is 82.5 Å². The lowest BCUT2D eigenvalue weighted by molar-refractivity contribution is -0.0497. The summed E-state index contributed by atoms with van der Waals surface area (Å²) in [6, 6.07) is 4.15. The lowest BCUT2D eigenvalue weighted by atomic mass is 10.3. The number of halogens is 2. The largest absolute Gasteiger partial charge is 0.435 e. The van der Waals surface area contributed by atoms with E-state index in [1.807, 2.05) is 0 Å². The number of alkyl halides is 2. The van der Waals surface area contributed by atoms with Gasteiger partial charge in [0.25, 0.3) is 5.56 Å². The monoisotopic (exact) mass is 212 g/mol. The van der Waals surface area contributed by atoms with Crippen molar-refractivity contribution in [2.45, 2.75) is 6.61 Å². The zero-order valence-electron chi connectivity index (χ0n) is 7.41. The second kappa shape index (κ2) is 3.64. The van der Waals surface area contributed by atoms with Gasteiger partial charge in [-0.3, -0.25) is 4.79 Å². The maximum atomic E-state index is 11.9. The summed E-state index contributed by atoms with van der Waals surface area (Å²) in [5.41, 5.74) is 0.480. The summed E-state index contributed by atoms with van der Waals surface area (Å²) < 4.78 is 28.0. The minimum Gasteiger partial charge on any atom is -0.435 e. The molecule has 2 aromatic rings. The van der Waals surface area contributed by atoms with Gasteiger partial charge in [0.15, 0.2) is 0 Å². The normalized spacial score (nSPS) is 10.9. The molecule has 0 aliphatic rings. The third-order valence-electron chi connectivity index (χ3n) is 1.77. The highest BCUT2D eigenvalue weighted by atomic mass is 19.3. The van der Waals surface area contributed by atoms with Crippen molar-refractivity contribution < 1.29 is 13.5 Å². The van der Waals surface area contributed by atoms with Gasteiger partial charge < -0.3 is 9.72 Å². The fraction of sp³-hybridized carbons (Fsp3) is 0.111. The molecule has 1 aromatic heterocycles. The molecule has 78 valence electrons. The number of nitrogens with zero attached hydrogens (tertiary/aromatic N) is 1. The van der Waals surface area contributed by atoms with Gasteiger partial charge in [0.1, 0.15) is 5.75 Å². The van der Waals surface area contributed by atoms with Crippen molar-refractivity contribution in [1.82, 2.24) is 9.97 Å². The van der Waals surface area contributed by atoms with Crippen LogP contribution in [-0.4, -0.2) is 16.6 Å². The van der Waals surface area contributed by atoms with Gasteiger partial charge in [0.2, 0.25) is 0 Å². The zero-order chi connectivity index (χ0) is 10.8. The fourth-order valence-corrected chi connectivity index (χ4v) is 1.20. The molecule has 4 nitrogen and oxygen atoms in total. The molecule has 0 radical (unpaired) electrons. The van der Waals surface area contributed by atoms with Crippen LogP contribution in [-0.2, 0) is 0 Å². The molecular formula is C9H6F2N2O2. The average molecular weight is 212 g/mol. The standard InChI is InChI=1S/C9H6F2N2O2/c10-9(11)15-5-1-2-6-7(3-5)13-8(14)4-12-6/h1-4,9H,(H,13,14). The zero-order valence-corrected chi connectivity index (χ0v) is 7.41. The average Bonchev–Trinajstić information content (AvgIpc) is 2.16. The molecule has 0 bridgehead atoms. The van der Waals surface area contributed by atoms with Crippen LogP contribution in [0.4, 0.5) is 8.78 Å². The van der Waals surface area contributed by atoms with Crippen LogP contribution in [0.1, 0.15) is 0 Å². The number of H-pyrrole nitrogens is 1. The summed E-state index contributed by atoms with van der Waals surface area (Å²) in [6.07, 6.45) is 1.12. The number of hydrogen-bond acceptors (Lipinski definition) is 3. The van der Waals surface area contributed by atoms with E-state index < -0.39 is 12.2 Å². The van der Waals surface area contributed by atoms with Gasteiger partial charge >= 0.3 is 6.61 Å². The Morgan fingerprint density at radius 1 is 1.40 bits per heavy atom. The summed E-state index contributed by atoms with van der Waals surface area (Å²) in [4.78, 5) is 17.2. The van der Waals surface area contributed by atoms with Gasteiger partial charge in [-0.25, -0.2) is 4.98 Å². The molecule has 0 saturated heterocycles. The number of aromatic amines is 1. The highest BCUT2D eigenvalue weighted by Gasteiger charge is 2.05. The Kier molecular flexibility index (Phi) is 2.32. The first-order valence-electron chi connectivity index (χ1n) is 4.09. The number of hydrogen-bond donors (Lipinski definition) is 1. The molecule has 1 N–H and O–H groups in total. The number of aromatic nitrogens is 2. The molecule has 2 rings (SSSR count).